The molecule has 2 bridgehead atoms. The molecule has 6 rings (SSSR count). The van der Waals surface area contributed by atoms with E-state index in [2.05, 4.69) is 10.3 Å². The second-order valence-electron chi connectivity index (χ2n) is 9.67. The minimum Gasteiger partial charge on any atom is -0.468 e. The number of aryl methyl sites for hydroxylation is 1. The number of hydrogen-bond donors (Lipinski definition) is 2. The average molecular weight is 440 g/mol. The lowest BCUT2D eigenvalue weighted by Crippen LogP contribution is -2.56. The topological polar surface area (TPSA) is 97.8 Å². The van der Waals surface area contributed by atoms with E-state index in [0.29, 0.717) is 24.3 Å². The van der Waals surface area contributed by atoms with E-state index in [1.165, 1.54) is 4.57 Å². The van der Waals surface area contributed by atoms with Crippen LogP contribution in [0.1, 0.15) is 76.8 Å². The van der Waals surface area contributed by atoms with Gasteiger partial charge < -0.3 is 14.7 Å². The molecule has 0 aromatic carbocycles. The lowest BCUT2D eigenvalue weighted by atomic mass is 9.57. The van der Waals surface area contributed by atoms with Crippen LogP contribution in [-0.2, 0) is 25.0 Å². The van der Waals surface area contributed by atoms with Gasteiger partial charge in [-0.25, -0.2) is 9.78 Å². The third-order valence-corrected chi connectivity index (χ3v) is 7.72. The molecule has 0 aliphatic heterocycles. The van der Waals surface area contributed by atoms with Crippen molar-refractivity contribution in [1.82, 2.24) is 24.4 Å². The molecule has 3 aliphatic carbocycles. The van der Waals surface area contributed by atoms with Crippen LogP contribution in [0.3, 0.4) is 0 Å². The molecule has 32 heavy (non-hydrogen) atoms. The van der Waals surface area contributed by atoms with E-state index in [0.717, 1.165) is 69.5 Å². The van der Waals surface area contributed by atoms with Crippen molar-refractivity contribution in [3.8, 4) is 0 Å². The Morgan fingerprint density at radius 2 is 1.75 bits per heavy atom. The van der Waals surface area contributed by atoms with Crippen LogP contribution in [0.15, 0.2) is 32.4 Å². The fourth-order valence-electron chi connectivity index (χ4n) is 5.76. The summed E-state index contributed by atoms with van der Waals surface area (Å²) in [5, 5.41) is 3.76. The maximum atomic E-state index is 13.1. The molecule has 0 atom stereocenters. The van der Waals surface area contributed by atoms with Gasteiger partial charge in [-0.05, 0) is 63.5 Å². The molecule has 2 N–H and O–H groups in total. The molecule has 8 nitrogen and oxygen atoms in total. The largest absolute Gasteiger partial charge is 0.468 e. The van der Waals surface area contributed by atoms with E-state index >= 15 is 0 Å². The first-order valence-corrected chi connectivity index (χ1v) is 12.0. The summed E-state index contributed by atoms with van der Waals surface area (Å²) in [4.78, 5) is 34.4. The Hall–Kier alpha value is -2.61. The van der Waals surface area contributed by atoms with Crippen LogP contribution in [-0.4, -0.2) is 24.6 Å². The molecule has 8 heteroatoms. The van der Waals surface area contributed by atoms with Crippen molar-refractivity contribution in [2.24, 2.45) is 0 Å². The highest BCUT2D eigenvalue weighted by Crippen LogP contribution is 2.53. The molecule has 3 aromatic heterocycles. The average Bonchev–Trinajstić information content (AvgIpc) is 3.50. The van der Waals surface area contributed by atoms with E-state index in [1.807, 2.05) is 26.0 Å². The van der Waals surface area contributed by atoms with Gasteiger partial charge in [-0.3, -0.25) is 13.9 Å². The summed E-state index contributed by atoms with van der Waals surface area (Å²) >= 11 is 0. The summed E-state index contributed by atoms with van der Waals surface area (Å²) in [5.74, 6) is 1.86. The second kappa shape index (κ2) is 8.06. The number of fused-ring (bicyclic) bond motifs is 4. The first kappa shape index (κ1) is 21.2. The van der Waals surface area contributed by atoms with Crippen LogP contribution in [0.4, 0.5) is 0 Å². The van der Waals surface area contributed by atoms with Gasteiger partial charge in [-0.1, -0.05) is 13.8 Å². The fraction of sp³-hybridized carbons (Fsp3) is 0.625. The first-order chi connectivity index (χ1) is 15.5. The van der Waals surface area contributed by atoms with Gasteiger partial charge in [0.15, 0.2) is 5.65 Å². The Labute approximate surface area is 187 Å². The molecule has 172 valence electrons. The predicted molar refractivity (Wildman–Crippen MR) is 123 cm³/mol. The van der Waals surface area contributed by atoms with Gasteiger partial charge in [0.25, 0.3) is 5.56 Å². The molecular formula is C24H33N5O3. The van der Waals surface area contributed by atoms with Gasteiger partial charge >= 0.3 is 5.69 Å². The van der Waals surface area contributed by atoms with Crippen molar-refractivity contribution in [1.29, 1.82) is 0 Å². The Balaban J connectivity index is 1.46. The quantitative estimate of drug-likeness (QED) is 0.560. The molecule has 3 saturated carbocycles. The number of rotatable bonds is 8. The normalized spacial score (nSPS) is 25.1. The minimum absolute atomic E-state index is 0.0394. The summed E-state index contributed by atoms with van der Waals surface area (Å²) in [6.45, 7) is 5.77. The van der Waals surface area contributed by atoms with E-state index in [4.69, 9.17) is 9.40 Å². The Morgan fingerprint density at radius 1 is 1.06 bits per heavy atom. The molecule has 0 amide bonds. The van der Waals surface area contributed by atoms with Gasteiger partial charge in [-0.15, -0.1) is 0 Å². The summed E-state index contributed by atoms with van der Waals surface area (Å²) in [6.07, 6.45) is 9.58. The van der Waals surface area contributed by atoms with Crippen molar-refractivity contribution >= 4 is 11.2 Å². The molecule has 0 unspecified atom stereocenters. The molecular weight excluding hydrogens is 406 g/mol. The van der Waals surface area contributed by atoms with E-state index < -0.39 is 0 Å². The van der Waals surface area contributed by atoms with Crippen molar-refractivity contribution in [2.75, 3.05) is 0 Å². The summed E-state index contributed by atoms with van der Waals surface area (Å²) < 4.78 is 8.54. The van der Waals surface area contributed by atoms with Crippen LogP contribution < -0.4 is 16.6 Å². The molecule has 3 aromatic rings. The summed E-state index contributed by atoms with van der Waals surface area (Å²) in [7, 11) is 0. The molecule has 3 heterocycles. The molecule has 3 fully saturated rings. The number of H-pyrrole nitrogens is 1. The fourth-order valence-corrected chi connectivity index (χ4v) is 5.76. The second-order valence-corrected chi connectivity index (χ2v) is 9.67. The van der Waals surface area contributed by atoms with Crippen LogP contribution in [0.5, 0.6) is 0 Å². The highest BCUT2D eigenvalue weighted by Gasteiger charge is 2.50. The van der Waals surface area contributed by atoms with E-state index in [-0.39, 0.29) is 22.2 Å². The summed E-state index contributed by atoms with van der Waals surface area (Å²) in [6, 6.07) is 3.94. The van der Waals surface area contributed by atoms with E-state index in [1.54, 1.807) is 10.8 Å². The minimum atomic E-state index is -0.241. The third kappa shape index (κ3) is 3.36. The number of nitrogens with one attached hydrogen (secondary N) is 2. The van der Waals surface area contributed by atoms with Crippen LogP contribution in [0.2, 0.25) is 0 Å². The monoisotopic (exact) mass is 439 g/mol. The highest BCUT2D eigenvalue weighted by atomic mass is 16.3. The maximum absolute atomic E-state index is 13.1. The third-order valence-electron chi connectivity index (χ3n) is 7.72. The zero-order valence-corrected chi connectivity index (χ0v) is 19.1. The zero-order chi connectivity index (χ0) is 22.3. The summed E-state index contributed by atoms with van der Waals surface area (Å²) in [5.41, 5.74) is 0.637. The van der Waals surface area contributed by atoms with Crippen molar-refractivity contribution in [2.45, 2.75) is 95.8 Å². The van der Waals surface area contributed by atoms with Gasteiger partial charge in [0.1, 0.15) is 17.1 Å². The predicted octanol–water partition coefficient (Wildman–Crippen LogP) is 3.43. The number of imidazole rings is 1. The smallest absolute Gasteiger partial charge is 0.332 e. The van der Waals surface area contributed by atoms with Gasteiger partial charge in [0.2, 0.25) is 0 Å². The Morgan fingerprint density at radius 3 is 2.38 bits per heavy atom. The standard InChI is InChI=1S/C24H33N5O3/c1-3-13-28-19-18(20(30)29(14-4-2)22(28)31)26-21(27-19)23-7-10-24(11-8-23,12-9-23)25-16-17-6-5-15-32-17/h5-6,15,25H,3-4,7-14,16H2,1-2H3,(H,26,27). The highest BCUT2D eigenvalue weighted by molar-refractivity contribution is 5.70. The van der Waals surface area contributed by atoms with Gasteiger partial charge in [0.05, 0.1) is 12.8 Å². The number of aromatic amines is 1. The van der Waals surface area contributed by atoms with Gasteiger partial charge in [-0.2, -0.15) is 0 Å². The Bertz CT molecular complexity index is 1190. The zero-order valence-electron chi connectivity index (χ0n) is 19.1. The molecule has 0 saturated heterocycles. The SMILES string of the molecule is CCCn1c(=O)c2[nH]c(C34CCC(NCc5ccco5)(CC3)CC4)nc2n(CCC)c1=O. The molecule has 0 radical (unpaired) electrons. The lowest BCUT2D eigenvalue weighted by Gasteiger charge is -2.53. The molecule has 0 spiro atoms. The number of aromatic nitrogens is 4. The van der Waals surface area contributed by atoms with Crippen molar-refractivity contribution in [3.63, 3.8) is 0 Å². The van der Waals surface area contributed by atoms with Crippen LogP contribution in [0, 0.1) is 0 Å². The Kier molecular flexibility index (Phi) is 5.35. The maximum Gasteiger partial charge on any atom is 0.332 e. The van der Waals surface area contributed by atoms with Crippen LogP contribution >= 0.6 is 0 Å². The van der Waals surface area contributed by atoms with Gasteiger partial charge in [0, 0.05) is 24.0 Å². The van der Waals surface area contributed by atoms with Crippen LogP contribution in [0.25, 0.3) is 11.2 Å². The van der Waals surface area contributed by atoms with Crippen molar-refractivity contribution < 1.29 is 4.42 Å². The lowest BCUT2D eigenvalue weighted by molar-refractivity contribution is 0.0698. The van der Waals surface area contributed by atoms with Crippen molar-refractivity contribution in [3.05, 3.63) is 50.8 Å². The number of furan rings is 1. The van der Waals surface area contributed by atoms with E-state index in [9.17, 15) is 9.59 Å². The number of nitrogens with zero attached hydrogens (tertiary/aromatic N) is 3. The first-order valence-electron chi connectivity index (χ1n) is 12.0. The molecule has 3 aliphatic rings. The number of hydrogen-bond acceptors (Lipinski definition) is 5.